The van der Waals surface area contributed by atoms with E-state index < -0.39 is 29.9 Å². The second kappa shape index (κ2) is 9.87. The lowest BCUT2D eigenvalue weighted by Crippen LogP contribution is -2.52. The zero-order chi connectivity index (χ0) is 30.4. The molecule has 0 aliphatic carbocycles. The molecule has 2 bridgehead atoms. The van der Waals surface area contributed by atoms with Gasteiger partial charge in [-0.1, -0.05) is 6.07 Å². The van der Waals surface area contributed by atoms with Crippen LogP contribution in [-0.4, -0.2) is 83.1 Å². The van der Waals surface area contributed by atoms with Gasteiger partial charge >= 0.3 is 6.01 Å². The van der Waals surface area contributed by atoms with Gasteiger partial charge < -0.3 is 25.0 Å². The van der Waals surface area contributed by atoms with Gasteiger partial charge in [0.15, 0.2) is 11.6 Å². The summed E-state index contributed by atoms with van der Waals surface area (Å²) in [5, 5.41) is 14.6. The quantitative estimate of drug-likeness (QED) is 0.467. The molecule has 4 saturated heterocycles. The normalized spacial score (nSPS) is 29.9. The Kier molecular flexibility index (Phi) is 5.68. The number of benzene rings is 2. The molecule has 222 valence electrons. The molecule has 0 radical (unpaired) electrons. The van der Waals surface area contributed by atoms with Crippen molar-refractivity contribution in [3.63, 3.8) is 0 Å². The Bertz CT molecular complexity index is 1640. The Balaban J connectivity index is 1.19. The third-order valence-corrected chi connectivity index (χ3v) is 9.78. The molecule has 5 aliphatic heterocycles. The van der Waals surface area contributed by atoms with E-state index in [4.69, 9.17) is 17.4 Å². The van der Waals surface area contributed by atoms with Crippen LogP contribution in [0.4, 0.5) is 24.7 Å². The SMILES string of the molecule is [2H]C([2H])(Oc1nc2c(c(N3C[C@H]4CC[C@@H](C3)N4)n1)CCN(c1cc(O)cc3ccc(F)c(F)c13)C2)[C@@]12CCCN1C[C@H](F)C2. The molecule has 2 aromatic carbocycles. The number of aromatic hydroxyl groups is 1. The van der Waals surface area contributed by atoms with Crippen molar-refractivity contribution in [3.8, 4) is 11.8 Å². The molecular formula is C31H35F3N6O2. The van der Waals surface area contributed by atoms with Crippen molar-refractivity contribution in [1.82, 2.24) is 20.2 Å². The van der Waals surface area contributed by atoms with Crippen LogP contribution in [0, 0.1) is 11.6 Å². The number of hydrogen-bond donors (Lipinski definition) is 2. The average Bonchev–Trinajstić information content (AvgIpc) is 3.65. The summed E-state index contributed by atoms with van der Waals surface area (Å²) in [6.45, 7) is 0.710. The predicted octanol–water partition coefficient (Wildman–Crippen LogP) is 4.07. The first-order valence-corrected chi connectivity index (χ1v) is 14.9. The van der Waals surface area contributed by atoms with Crippen molar-refractivity contribution in [1.29, 1.82) is 0 Å². The molecule has 1 aromatic heterocycles. The Morgan fingerprint density at radius 3 is 2.76 bits per heavy atom. The van der Waals surface area contributed by atoms with E-state index in [0.717, 1.165) is 44.0 Å². The van der Waals surface area contributed by atoms with Gasteiger partial charge in [0.25, 0.3) is 0 Å². The van der Waals surface area contributed by atoms with Gasteiger partial charge in [0, 0.05) is 61.7 Å². The second-order valence-corrected chi connectivity index (χ2v) is 12.5. The van der Waals surface area contributed by atoms with Gasteiger partial charge in [-0.2, -0.15) is 9.97 Å². The number of hydrogen-bond acceptors (Lipinski definition) is 8. The summed E-state index contributed by atoms with van der Waals surface area (Å²) in [7, 11) is 0. The van der Waals surface area contributed by atoms with Gasteiger partial charge in [-0.05, 0) is 56.2 Å². The van der Waals surface area contributed by atoms with E-state index in [1.807, 2.05) is 9.80 Å². The summed E-state index contributed by atoms with van der Waals surface area (Å²) in [6, 6.07) is 5.88. The fourth-order valence-corrected chi connectivity index (χ4v) is 7.88. The van der Waals surface area contributed by atoms with E-state index in [1.165, 1.54) is 18.2 Å². The molecule has 0 amide bonds. The summed E-state index contributed by atoms with van der Waals surface area (Å²) in [4.78, 5) is 15.5. The number of ether oxygens (including phenoxy) is 1. The van der Waals surface area contributed by atoms with Crippen LogP contribution in [0.3, 0.4) is 0 Å². The van der Waals surface area contributed by atoms with Crippen LogP contribution in [-0.2, 0) is 13.0 Å². The van der Waals surface area contributed by atoms with E-state index in [0.29, 0.717) is 60.6 Å². The lowest BCUT2D eigenvalue weighted by Gasteiger charge is -2.38. The Hall–Kier alpha value is -3.31. The third-order valence-electron chi connectivity index (χ3n) is 9.78. The lowest BCUT2D eigenvalue weighted by atomic mass is 9.95. The van der Waals surface area contributed by atoms with E-state index >= 15 is 4.39 Å². The number of aromatic nitrogens is 2. The topological polar surface area (TPSA) is 77.0 Å². The van der Waals surface area contributed by atoms with Crippen molar-refractivity contribution in [2.45, 2.75) is 68.9 Å². The zero-order valence-electron chi connectivity index (χ0n) is 25.3. The maximum absolute atomic E-state index is 15.1. The molecule has 5 aliphatic rings. The van der Waals surface area contributed by atoms with Crippen molar-refractivity contribution in [2.75, 3.05) is 49.1 Å². The molecule has 42 heavy (non-hydrogen) atoms. The fraction of sp³-hybridized carbons (Fsp3) is 0.548. The summed E-state index contributed by atoms with van der Waals surface area (Å²) in [6.07, 6.45) is 2.83. The number of nitrogens with zero attached hydrogens (tertiary/aromatic N) is 5. The molecule has 0 unspecified atom stereocenters. The maximum atomic E-state index is 15.1. The van der Waals surface area contributed by atoms with Gasteiger partial charge in [0.1, 0.15) is 24.3 Å². The third kappa shape index (κ3) is 4.35. The number of piperazine rings is 1. The maximum Gasteiger partial charge on any atom is 0.318 e. The first-order valence-electron chi connectivity index (χ1n) is 15.9. The van der Waals surface area contributed by atoms with Crippen LogP contribution in [0.25, 0.3) is 10.8 Å². The van der Waals surface area contributed by atoms with Gasteiger partial charge in [0.05, 0.1) is 26.2 Å². The first kappa shape index (κ1) is 24.2. The zero-order valence-corrected chi connectivity index (χ0v) is 23.3. The van der Waals surface area contributed by atoms with Crippen molar-refractivity contribution < 1.29 is 25.8 Å². The van der Waals surface area contributed by atoms with Crippen LogP contribution in [0.5, 0.6) is 11.8 Å². The largest absolute Gasteiger partial charge is 0.508 e. The van der Waals surface area contributed by atoms with Gasteiger partial charge in [-0.15, -0.1) is 0 Å². The highest BCUT2D eigenvalue weighted by Crippen LogP contribution is 2.41. The first-order chi connectivity index (χ1) is 21.1. The number of phenolic OH excluding ortho intramolecular Hbond substituents is 1. The summed E-state index contributed by atoms with van der Waals surface area (Å²) in [5.41, 5.74) is 0.772. The molecule has 6 heterocycles. The van der Waals surface area contributed by atoms with E-state index in [9.17, 15) is 13.9 Å². The van der Waals surface area contributed by atoms with Crippen LogP contribution < -0.4 is 19.9 Å². The van der Waals surface area contributed by atoms with Crippen molar-refractivity contribution >= 4 is 22.3 Å². The number of anilines is 2. The van der Waals surface area contributed by atoms with Crippen LogP contribution in [0.1, 0.15) is 46.1 Å². The minimum absolute atomic E-state index is 0.0550. The smallest absolute Gasteiger partial charge is 0.318 e. The molecule has 3 aromatic rings. The molecule has 4 fully saturated rings. The molecule has 8 nitrogen and oxygen atoms in total. The summed E-state index contributed by atoms with van der Waals surface area (Å²) in [5.74, 6) is -1.32. The molecule has 4 atom stereocenters. The number of nitrogens with one attached hydrogen (secondary N) is 1. The predicted molar refractivity (Wildman–Crippen MR) is 153 cm³/mol. The molecule has 0 spiro atoms. The second-order valence-electron chi connectivity index (χ2n) is 12.5. The minimum Gasteiger partial charge on any atom is -0.508 e. The molecule has 11 heteroatoms. The lowest BCUT2D eigenvalue weighted by molar-refractivity contribution is 0.107. The Morgan fingerprint density at radius 1 is 1.10 bits per heavy atom. The highest BCUT2D eigenvalue weighted by Gasteiger charge is 2.49. The highest BCUT2D eigenvalue weighted by molar-refractivity contribution is 5.96. The van der Waals surface area contributed by atoms with Crippen LogP contribution >= 0.6 is 0 Å². The van der Waals surface area contributed by atoms with Crippen molar-refractivity contribution in [2.24, 2.45) is 0 Å². The van der Waals surface area contributed by atoms with Crippen LogP contribution in [0.15, 0.2) is 24.3 Å². The number of fused-ring (bicyclic) bond motifs is 5. The number of rotatable bonds is 5. The van der Waals surface area contributed by atoms with Crippen molar-refractivity contribution in [3.05, 3.63) is 47.2 Å². The monoisotopic (exact) mass is 582 g/mol. The highest BCUT2D eigenvalue weighted by atomic mass is 19.2. The van der Waals surface area contributed by atoms with Gasteiger partial charge in [0.2, 0.25) is 0 Å². The summed E-state index contributed by atoms with van der Waals surface area (Å²) < 4.78 is 68.2. The number of phenols is 1. The standard InChI is InChI=1S/C31H35F3N6O2/c32-19-12-31(7-1-8-40(31)13-19)17-42-30-36-25-16-38(26-11-22(41)10-18-2-5-24(33)28(34)27(18)26)9-6-23(25)29(37-30)39-14-20-3-4-21(15-39)35-20/h2,5,10-11,19-21,35,41H,1,3-4,6-9,12-17H2/t19-,20-,21+,31+/m1/s1/i17D2. The molecule has 2 N–H and O–H groups in total. The van der Waals surface area contributed by atoms with E-state index in [-0.39, 0.29) is 36.7 Å². The van der Waals surface area contributed by atoms with Crippen LogP contribution in [0.2, 0.25) is 0 Å². The van der Waals surface area contributed by atoms with E-state index in [2.05, 4.69) is 10.2 Å². The Morgan fingerprint density at radius 2 is 1.93 bits per heavy atom. The molecular weight excluding hydrogens is 545 g/mol. The number of alkyl halides is 1. The van der Waals surface area contributed by atoms with Gasteiger partial charge in [-0.25, -0.2) is 13.2 Å². The van der Waals surface area contributed by atoms with Gasteiger partial charge in [-0.3, -0.25) is 4.90 Å². The number of halogens is 3. The van der Waals surface area contributed by atoms with E-state index in [1.54, 1.807) is 0 Å². The average molecular weight is 583 g/mol. The Labute approximate surface area is 245 Å². The summed E-state index contributed by atoms with van der Waals surface area (Å²) >= 11 is 0. The molecule has 8 rings (SSSR count). The fourth-order valence-electron chi connectivity index (χ4n) is 7.88. The molecule has 0 saturated carbocycles. The minimum atomic E-state index is -2.24.